The van der Waals surface area contributed by atoms with E-state index in [2.05, 4.69) is 5.32 Å². The molecule has 1 aromatic rings. The van der Waals surface area contributed by atoms with Crippen LogP contribution in [0, 0.1) is 5.92 Å². The molecule has 110 valence electrons. The van der Waals surface area contributed by atoms with Gasteiger partial charge >= 0.3 is 0 Å². The lowest BCUT2D eigenvalue weighted by Gasteiger charge is -2.27. The molecule has 0 radical (unpaired) electrons. The van der Waals surface area contributed by atoms with Crippen LogP contribution in [0.3, 0.4) is 0 Å². The van der Waals surface area contributed by atoms with Crippen LogP contribution in [0.25, 0.3) is 11.3 Å². The molecule has 4 rings (SSSR count). The number of methoxy groups -OCH3 is 1. The standard InChI is InChI=1S/C17H13NO4/c1-22-11-4-2-3-9-13(17(11)21)14-12-8(5-6-18-15(9)12)7-10(19)16(14)20/h2-7,12,18-20H,1H3. The van der Waals surface area contributed by atoms with Crippen LogP contribution < -0.4 is 25.9 Å². The number of aliphatic hydroxyl groups is 2. The highest BCUT2D eigenvalue weighted by Gasteiger charge is 2.37. The van der Waals surface area contributed by atoms with Gasteiger partial charge in [0.05, 0.1) is 13.0 Å². The van der Waals surface area contributed by atoms with Gasteiger partial charge in [0.25, 0.3) is 0 Å². The second-order valence-corrected chi connectivity index (χ2v) is 5.33. The Labute approximate surface area is 125 Å². The van der Waals surface area contributed by atoms with Crippen molar-refractivity contribution in [3.8, 4) is 5.75 Å². The maximum atomic E-state index is 12.7. The fourth-order valence-corrected chi connectivity index (χ4v) is 3.30. The Morgan fingerprint density at radius 1 is 1.27 bits per heavy atom. The summed E-state index contributed by atoms with van der Waals surface area (Å²) < 4.78 is 5.14. The summed E-state index contributed by atoms with van der Waals surface area (Å²) in [5, 5.41) is 24.5. The topological polar surface area (TPSA) is 78.8 Å². The molecule has 0 saturated heterocycles. The zero-order valence-electron chi connectivity index (χ0n) is 11.8. The Kier molecular flexibility index (Phi) is 2.48. The molecule has 0 aromatic heterocycles. The lowest BCUT2D eigenvalue weighted by atomic mass is 9.83. The number of ether oxygens (including phenoxy) is 1. The smallest absolute Gasteiger partial charge is 0.228 e. The third kappa shape index (κ3) is 1.45. The molecule has 0 amide bonds. The summed E-state index contributed by atoms with van der Waals surface area (Å²) >= 11 is 0. The van der Waals surface area contributed by atoms with Crippen molar-refractivity contribution in [2.45, 2.75) is 0 Å². The summed E-state index contributed by atoms with van der Waals surface area (Å²) in [5.74, 6) is -0.558. The first-order valence-corrected chi connectivity index (χ1v) is 6.86. The van der Waals surface area contributed by atoms with Gasteiger partial charge in [0, 0.05) is 27.9 Å². The number of fused-ring (bicyclic) bond motifs is 1. The number of rotatable bonds is 1. The fourth-order valence-electron chi connectivity index (χ4n) is 3.30. The van der Waals surface area contributed by atoms with E-state index < -0.39 is 0 Å². The average molecular weight is 295 g/mol. The molecule has 5 nitrogen and oxygen atoms in total. The number of hydrogen-bond donors (Lipinski definition) is 3. The van der Waals surface area contributed by atoms with E-state index in [-0.39, 0.29) is 28.6 Å². The van der Waals surface area contributed by atoms with Crippen LogP contribution in [0.2, 0.25) is 0 Å². The molecule has 0 spiro atoms. The van der Waals surface area contributed by atoms with E-state index in [4.69, 9.17) is 4.74 Å². The molecule has 1 heterocycles. The van der Waals surface area contributed by atoms with Gasteiger partial charge in [-0.05, 0) is 23.8 Å². The zero-order chi connectivity index (χ0) is 15.4. The fraction of sp³-hybridized carbons (Fsp3) is 0.118. The first kappa shape index (κ1) is 12.8. The van der Waals surface area contributed by atoms with Crippen LogP contribution in [-0.4, -0.2) is 17.3 Å². The van der Waals surface area contributed by atoms with Crippen molar-refractivity contribution in [1.29, 1.82) is 0 Å². The predicted octanol–water partition coefficient (Wildman–Crippen LogP) is 0.329. The molecular weight excluding hydrogens is 282 g/mol. The van der Waals surface area contributed by atoms with Crippen molar-refractivity contribution in [3.05, 3.63) is 74.3 Å². The van der Waals surface area contributed by atoms with Crippen LogP contribution in [0.1, 0.15) is 0 Å². The molecule has 5 heteroatoms. The SMILES string of the molecule is COc1cccc2c(c1=O)=C1C(O)=C(O)C=C3C=CNC=2C31. The molecule has 1 atom stereocenters. The molecule has 3 aliphatic rings. The molecule has 1 aliphatic heterocycles. The molecule has 0 saturated carbocycles. The summed E-state index contributed by atoms with van der Waals surface area (Å²) in [6.07, 6.45) is 5.10. The van der Waals surface area contributed by atoms with E-state index in [0.717, 1.165) is 11.3 Å². The summed E-state index contributed by atoms with van der Waals surface area (Å²) in [7, 11) is 1.43. The second-order valence-electron chi connectivity index (χ2n) is 5.33. The van der Waals surface area contributed by atoms with Crippen LogP contribution in [0.15, 0.2) is 58.4 Å². The highest BCUT2D eigenvalue weighted by Crippen LogP contribution is 2.40. The van der Waals surface area contributed by atoms with Gasteiger partial charge in [-0.1, -0.05) is 12.1 Å². The summed E-state index contributed by atoms with van der Waals surface area (Å²) in [6.45, 7) is 0. The molecule has 1 aromatic carbocycles. The Morgan fingerprint density at radius 3 is 2.86 bits per heavy atom. The molecule has 3 N–H and O–H groups in total. The van der Waals surface area contributed by atoms with Gasteiger partial charge in [-0.2, -0.15) is 0 Å². The van der Waals surface area contributed by atoms with Gasteiger partial charge in [-0.25, -0.2) is 0 Å². The highest BCUT2D eigenvalue weighted by molar-refractivity contribution is 5.85. The van der Waals surface area contributed by atoms with Crippen molar-refractivity contribution < 1.29 is 14.9 Å². The second kappa shape index (κ2) is 4.27. The summed E-state index contributed by atoms with van der Waals surface area (Å²) in [4.78, 5) is 12.7. The molecule has 1 unspecified atom stereocenters. The molecule has 2 aliphatic carbocycles. The maximum Gasteiger partial charge on any atom is 0.228 e. The summed E-state index contributed by atoms with van der Waals surface area (Å²) in [5.41, 5.74) is 1.78. The van der Waals surface area contributed by atoms with Gasteiger partial charge in [-0.15, -0.1) is 0 Å². The Balaban J connectivity index is 2.29. The van der Waals surface area contributed by atoms with Crippen LogP contribution in [0.4, 0.5) is 0 Å². The van der Waals surface area contributed by atoms with Gasteiger partial charge in [-0.3, -0.25) is 4.79 Å². The predicted molar refractivity (Wildman–Crippen MR) is 81.5 cm³/mol. The Bertz CT molecular complexity index is 983. The Morgan fingerprint density at radius 2 is 2.09 bits per heavy atom. The molecule has 0 fully saturated rings. The lowest BCUT2D eigenvalue weighted by molar-refractivity contribution is 0.348. The average Bonchev–Trinajstić information content (AvgIpc) is 2.75. The molecular formula is C17H13NO4. The Hall–Kier alpha value is -2.95. The number of nitrogens with one attached hydrogen (secondary N) is 1. The van der Waals surface area contributed by atoms with Crippen molar-refractivity contribution >= 4 is 11.3 Å². The van der Waals surface area contributed by atoms with Crippen molar-refractivity contribution in [2.75, 3.05) is 7.11 Å². The van der Waals surface area contributed by atoms with Crippen molar-refractivity contribution in [1.82, 2.24) is 5.32 Å². The van der Waals surface area contributed by atoms with E-state index >= 15 is 0 Å². The molecule has 0 bridgehead atoms. The van der Waals surface area contributed by atoms with E-state index in [1.807, 2.05) is 12.1 Å². The van der Waals surface area contributed by atoms with E-state index in [0.29, 0.717) is 16.0 Å². The highest BCUT2D eigenvalue weighted by atomic mass is 16.5. The minimum atomic E-state index is -0.304. The maximum absolute atomic E-state index is 12.7. The lowest BCUT2D eigenvalue weighted by Crippen LogP contribution is -2.37. The molecule has 22 heavy (non-hydrogen) atoms. The van der Waals surface area contributed by atoms with Crippen molar-refractivity contribution in [3.63, 3.8) is 0 Å². The first-order valence-electron chi connectivity index (χ1n) is 6.86. The van der Waals surface area contributed by atoms with Crippen LogP contribution in [0.5, 0.6) is 5.75 Å². The largest absolute Gasteiger partial charge is 0.504 e. The first-order chi connectivity index (χ1) is 10.6. The minimum Gasteiger partial charge on any atom is -0.504 e. The van der Waals surface area contributed by atoms with Crippen molar-refractivity contribution in [2.24, 2.45) is 5.92 Å². The quantitative estimate of drug-likeness (QED) is 0.696. The minimum absolute atomic E-state index is 0.198. The normalized spacial score (nSPS) is 21.1. The number of allylic oxidation sites excluding steroid dienone is 3. The van der Waals surface area contributed by atoms with Gasteiger partial charge in [0.2, 0.25) is 5.43 Å². The van der Waals surface area contributed by atoms with Gasteiger partial charge in [0.1, 0.15) is 0 Å². The summed E-state index contributed by atoms with van der Waals surface area (Å²) in [6, 6.07) is 5.15. The van der Waals surface area contributed by atoms with Crippen LogP contribution in [-0.2, 0) is 0 Å². The number of aliphatic hydroxyl groups excluding tert-OH is 2. The van der Waals surface area contributed by atoms with Gasteiger partial charge < -0.3 is 20.3 Å². The zero-order valence-corrected chi connectivity index (χ0v) is 11.8. The van der Waals surface area contributed by atoms with Crippen LogP contribution >= 0.6 is 0 Å². The van der Waals surface area contributed by atoms with E-state index in [1.54, 1.807) is 18.3 Å². The van der Waals surface area contributed by atoms with E-state index in [9.17, 15) is 15.0 Å². The van der Waals surface area contributed by atoms with Gasteiger partial charge in [0.15, 0.2) is 17.3 Å². The third-order valence-electron chi connectivity index (χ3n) is 4.24. The number of hydrogen-bond acceptors (Lipinski definition) is 5. The third-order valence-corrected chi connectivity index (χ3v) is 4.24. The van der Waals surface area contributed by atoms with E-state index in [1.165, 1.54) is 13.2 Å². The monoisotopic (exact) mass is 295 g/mol.